The number of hydrogen-bond donors (Lipinski definition) is 2. The van der Waals surface area contributed by atoms with Crippen LogP contribution in [0, 0.1) is 11.3 Å². The number of nitriles is 1. The lowest BCUT2D eigenvalue weighted by Crippen LogP contribution is -2.33. The predicted molar refractivity (Wildman–Crippen MR) is 56.9 cm³/mol. The molecule has 2 N–H and O–H groups in total. The molecule has 0 bridgehead atoms. The molecule has 4 nitrogen and oxygen atoms in total. The molecule has 2 rings (SSSR count). The van der Waals surface area contributed by atoms with E-state index in [0.717, 1.165) is 4.47 Å². The number of rotatable bonds is 1. The lowest BCUT2D eigenvalue weighted by molar-refractivity contribution is -0.133. The van der Waals surface area contributed by atoms with E-state index >= 15 is 0 Å². The van der Waals surface area contributed by atoms with Gasteiger partial charge < -0.3 is 10.4 Å². The van der Waals surface area contributed by atoms with Gasteiger partial charge in [-0.25, -0.2) is 0 Å². The predicted octanol–water partition coefficient (Wildman–Crippen LogP) is 1.50. The Kier molecular flexibility index (Phi) is 2.25. The number of amides is 1. The Labute approximate surface area is 94.7 Å². The Hall–Kier alpha value is -1.38. The van der Waals surface area contributed by atoms with Crippen molar-refractivity contribution in [1.29, 1.82) is 5.26 Å². The summed E-state index contributed by atoms with van der Waals surface area (Å²) in [5.74, 6) is -0.544. The standard InChI is InChI=1S/C10H7BrN2O2/c11-6-1-2-7-8(5-6)13-9(14)10(7,15)3-4-12/h1-2,5,15H,3H2,(H,13,14). The van der Waals surface area contributed by atoms with Crippen LogP contribution >= 0.6 is 15.9 Å². The Morgan fingerprint density at radius 3 is 3.00 bits per heavy atom. The molecular formula is C10H7BrN2O2. The van der Waals surface area contributed by atoms with Crippen LogP contribution in [0.3, 0.4) is 0 Å². The zero-order valence-electron chi connectivity index (χ0n) is 7.62. The van der Waals surface area contributed by atoms with E-state index in [1.165, 1.54) is 0 Å². The minimum atomic E-state index is -1.70. The van der Waals surface area contributed by atoms with Crippen LogP contribution < -0.4 is 5.32 Å². The van der Waals surface area contributed by atoms with Gasteiger partial charge in [-0.2, -0.15) is 5.26 Å². The smallest absolute Gasteiger partial charge is 0.262 e. The molecule has 0 aliphatic carbocycles. The maximum absolute atomic E-state index is 11.5. The molecule has 0 spiro atoms. The molecule has 1 aromatic carbocycles. The van der Waals surface area contributed by atoms with Crippen molar-refractivity contribution in [3.63, 3.8) is 0 Å². The minimum Gasteiger partial charge on any atom is -0.374 e. The van der Waals surface area contributed by atoms with Gasteiger partial charge in [0.25, 0.3) is 5.91 Å². The maximum atomic E-state index is 11.5. The van der Waals surface area contributed by atoms with Gasteiger partial charge in [0.1, 0.15) is 0 Å². The van der Waals surface area contributed by atoms with Crippen LogP contribution in [0.4, 0.5) is 5.69 Å². The number of nitrogens with zero attached hydrogens (tertiary/aromatic N) is 1. The highest BCUT2D eigenvalue weighted by molar-refractivity contribution is 9.10. The molecule has 1 unspecified atom stereocenters. The van der Waals surface area contributed by atoms with Crippen molar-refractivity contribution in [1.82, 2.24) is 0 Å². The van der Waals surface area contributed by atoms with Crippen LogP contribution in [0.1, 0.15) is 12.0 Å². The summed E-state index contributed by atoms with van der Waals surface area (Å²) in [6.45, 7) is 0. The molecule has 1 aromatic rings. The minimum absolute atomic E-state index is 0.243. The lowest BCUT2D eigenvalue weighted by Gasteiger charge is -2.16. The Morgan fingerprint density at radius 2 is 2.33 bits per heavy atom. The van der Waals surface area contributed by atoms with Crippen LogP contribution in [-0.2, 0) is 10.4 Å². The third-order valence-corrected chi connectivity index (χ3v) is 2.88. The van der Waals surface area contributed by atoms with Crippen LogP contribution in [0.15, 0.2) is 22.7 Å². The number of hydrogen-bond acceptors (Lipinski definition) is 3. The van der Waals surface area contributed by atoms with Gasteiger partial charge in [-0.1, -0.05) is 22.0 Å². The molecule has 76 valence electrons. The largest absolute Gasteiger partial charge is 0.374 e. The summed E-state index contributed by atoms with van der Waals surface area (Å²) in [5, 5.41) is 21.2. The first-order valence-electron chi connectivity index (χ1n) is 4.29. The van der Waals surface area contributed by atoms with E-state index in [1.807, 2.05) is 6.07 Å². The van der Waals surface area contributed by atoms with Crippen molar-refractivity contribution >= 4 is 27.5 Å². The summed E-state index contributed by atoms with van der Waals surface area (Å²) in [7, 11) is 0. The molecule has 1 aliphatic heterocycles. The van der Waals surface area contributed by atoms with Gasteiger partial charge in [0.05, 0.1) is 12.5 Å². The second-order valence-corrected chi connectivity index (χ2v) is 4.25. The average molecular weight is 267 g/mol. The highest BCUT2D eigenvalue weighted by atomic mass is 79.9. The maximum Gasteiger partial charge on any atom is 0.262 e. The van der Waals surface area contributed by atoms with E-state index in [-0.39, 0.29) is 6.42 Å². The Balaban J connectivity index is 2.56. The van der Waals surface area contributed by atoms with Gasteiger partial charge in [-0.05, 0) is 12.1 Å². The molecule has 1 aliphatic rings. The molecule has 1 atom stereocenters. The SMILES string of the molecule is N#CCC1(O)C(=O)Nc2cc(Br)ccc21. The highest BCUT2D eigenvalue weighted by Gasteiger charge is 2.45. The second kappa shape index (κ2) is 3.33. The monoisotopic (exact) mass is 266 g/mol. The molecule has 0 saturated carbocycles. The molecule has 0 saturated heterocycles. The first-order chi connectivity index (χ1) is 7.08. The van der Waals surface area contributed by atoms with E-state index in [0.29, 0.717) is 11.3 Å². The number of benzene rings is 1. The number of carbonyl (C=O) groups excluding carboxylic acids is 1. The summed E-state index contributed by atoms with van der Waals surface area (Å²) in [6.07, 6.45) is -0.243. The number of fused-ring (bicyclic) bond motifs is 1. The Morgan fingerprint density at radius 1 is 1.60 bits per heavy atom. The molecule has 0 fully saturated rings. The van der Waals surface area contributed by atoms with Gasteiger partial charge in [0, 0.05) is 15.7 Å². The quantitative estimate of drug-likeness (QED) is 0.809. The summed E-state index contributed by atoms with van der Waals surface area (Å²) in [4.78, 5) is 11.5. The first kappa shape index (κ1) is 10.1. The normalized spacial score (nSPS) is 23.1. The molecule has 0 radical (unpaired) electrons. The third-order valence-electron chi connectivity index (χ3n) is 2.39. The van der Waals surface area contributed by atoms with Gasteiger partial charge in [-0.15, -0.1) is 0 Å². The molecule has 0 aromatic heterocycles. The molecule has 15 heavy (non-hydrogen) atoms. The first-order valence-corrected chi connectivity index (χ1v) is 5.08. The Bertz CT molecular complexity index is 481. The van der Waals surface area contributed by atoms with Crippen LogP contribution in [-0.4, -0.2) is 11.0 Å². The highest BCUT2D eigenvalue weighted by Crippen LogP contribution is 2.39. The lowest BCUT2D eigenvalue weighted by atomic mass is 9.93. The average Bonchev–Trinajstić information content (AvgIpc) is 2.39. The van der Waals surface area contributed by atoms with Crippen molar-refractivity contribution in [2.75, 3.05) is 5.32 Å². The number of nitrogens with one attached hydrogen (secondary N) is 1. The van der Waals surface area contributed by atoms with Gasteiger partial charge in [-0.3, -0.25) is 4.79 Å². The van der Waals surface area contributed by atoms with Crippen molar-refractivity contribution < 1.29 is 9.90 Å². The molecular weight excluding hydrogens is 260 g/mol. The summed E-state index contributed by atoms with van der Waals surface area (Å²) < 4.78 is 0.808. The van der Waals surface area contributed by atoms with Crippen LogP contribution in [0.25, 0.3) is 0 Å². The van der Waals surface area contributed by atoms with E-state index in [9.17, 15) is 9.90 Å². The fraction of sp³-hybridized carbons (Fsp3) is 0.200. The van der Waals surface area contributed by atoms with E-state index in [2.05, 4.69) is 21.2 Å². The van der Waals surface area contributed by atoms with Gasteiger partial charge >= 0.3 is 0 Å². The fourth-order valence-electron chi connectivity index (χ4n) is 1.62. The van der Waals surface area contributed by atoms with Crippen molar-refractivity contribution in [3.8, 4) is 6.07 Å². The van der Waals surface area contributed by atoms with Gasteiger partial charge in [0.2, 0.25) is 0 Å². The second-order valence-electron chi connectivity index (χ2n) is 3.34. The van der Waals surface area contributed by atoms with E-state index in [4.69, 9.17) is 5.26 Å². The van der Waals surface area contributed by atoms with E-state index in [1.54, 1.807) is 18.2 Å². The van der Waals surface area contributed by atoms with Crippen molar-refractivity contribution in [3.05, 3.63) is 28.2 Å². The summed E-state index contributed by atoms with van der Waals surface area (Å²) in [5.41, 5.74) is -0.700. The third kappa shape index (κ3) is 1.42. The van der Waals surface area contributed by atoms with Crippen molar-refractivity contribution in [2.24, 2.45) is 0 Å². The topological polar surface area (TPSA) is 73.1 Å². The fourth-order valence-corrected chi connectivity index (χ4v) is 1.98. The zero-order chi connectivity index (χ0) is 11.1. The number of carbonyl (C=O) groups is 1. The van der Waals surface area contributed by atoms with Crippen molar-refractivity contribution in [2.45, 2.75) is 12.0 Å². The van der Waals surface area contributed by atoms with Crippen LogP contribution in [0.5, 0.6) is 0 Å². The molecule has 5 heteroatoms. The van der Waals surface area contributed by atoms with E-state index < -0.39 is 11.5 Å². The zero-order valence-corrected chi connectivity index (χ0v) is 9.21. The molecule has 1 amide bonds. The van der Waals surface area contributed by atoms with Gasteiger partial charge in [0.15, 0.2) is 5.60 Å². The number of aliphatic hydroxyl groups is 1. The summed E-state index contributed by atoms with van der Waals surface area (Å²) >= 11 is 3.26. The number of halogens is 1. The number of anilines is 1. The van der Waals surface area contributed by atoms with Crippen LogP contribution in [0.2, 0.25) is 0 Å². The molecule has 1 heterocycles. The summed E-state index contributed by atoms with van der Waals surface area (Å²) in [6, 6.07) is 6.87.